The Morgan fingerprint density at radius 2 is 1.55 bits per heavy atom. The lowest BCUT2D eigenvalue weighted by atomic mass is 9.83. The van der Waals surface area contributed by atoms with E-state index < -0.39 is 17.1 Å². The van der Waals surface area contributed by atoms with Crippen molar-refractivity contribution in [3.05, 3.63) is 117 Å². The van der Waals surface area contributed by atoms with Crippen molar-refractivity contribution in [2.45, 2.75) is 43.5 Å². The molecule has 4 aromatic carbocycles. The molecule has 0 unspecified atom stereocenters. The van der Waals surface area contributed by atoms with E-state index >= 15 is 0 Å². The van der Waals surface area contributed by atoms with Gasteiger partial charge in [0.25, 0.3) is 0 Å². The Bertz CT molecular complexity index is 2060. The summed E-state index contributed by atoms with van der Waals surface area (Å²) >= 11 is 2.28. The second kappa shape index (κ2) is 12.5. The van der Waals surface area contributed by atoms with Crippen LogP contribution in [0.25, 0.3) is 10.8 Å². The van der Waals surface area contributed by atoms with Crippen LogP contribution >= 0.6 is 23.1 Å². The molecule has 8 nitrogen and oxygen atoms in total. The molecule has 10 heteroatoms. The number of benzene rings is 4. The van der Waals surface area contributed by atoms with E-state index in [1.807, 2.05) is 85.8 Å². The van der Waals surface area contributed by atoms with Gasteiger partial charge in [-0.3, -0.25) is 23.7 Å². The minimum atomic E-state index is -0.745. The van der Waals surface area contributed by atoms with Crippen LogP contribution in [0.15, 0.2) is 101 Å². The van der Waals surface area contributed by atoms with Gasteiger partial charge in [-0.25, -0.2) is 4.90 Å². The third-order valence-corrected chi connectivity index (χ3v) is 11.7. The van der Waals surface area contributed by atoms with E-state index in [1.165, 1.54) is 21.2 Å². The number of amides is 3. The SMILES string of the molecule is CCN(CC)c1ccc([C@@H]2c3sc(=O)n(CC(=O)Nc4cccc5ccccc45)c3S[C@H]3C(=O)N(c4ccc(C)cc4)C(=O)[C@@H]23)cc1. The Morgan fingerprint density at radius 1 is 0.851 bits per heavy atom. The van der Waals surface area contributed by atoms with Gasteiger partial charge in [0.15, 0.2) is 0 Å². The van der Waals surface area contributed by atoms with Gasteiger partial charge in [-0.1, -0.05) is 89.3 Å². The summed E-state index contributed by atoms with van der Waals surface area (Å²) < 4.78 is 1.46. The molecule has 3 atom stereocenters. The number of carbonyl (C=O) groups excluding carboxylic acids is 3. The van der Waals surface area contributed by atoms with E-state index in [-0.39, 0.29) is 29.1 Å². The molecule has 0 bridgehead atoms. The monoisotopic (exact) mass is 662 g/mol. The first kappa shape index (κ1) is 31.0. The summed E-state index contributed by atoms with van der Waals surface area (Å²) in [6, 6.07) is 28.9. The molecule has 5 aromatic rings. The van der Waals surface area contributed by atoms with E-state index in [0.717, 1.165) is 52.0 Å². The molecule has 1 saturated heterocycles. The molecular weight excluding hydrogens is 629 g/mol. The smallest absolute Gasteiger partial charge is 0.308 e. The minimum absolute atomic E-state index is 0.213. The fourth-order valence-corrected chi connectivity index (χ4v) is 9.48. The van der Waals surface area contributed by atoms with Crippen molar-refractivity contribution >= 4 is 68.7 Å². The van der Waals surface area contributed by atoms with Crippen LogP contribution in [-0.2, 0) is 20.9 Å². The first-order chi connectivity index (χ1) is 22.8. The van der Waals surface area contributed by atoms with Crippen LogP contribution in [0, 0.1) is 12.8 Å². The average Bonchev–Trinajstić information content (AvgIpc) is 3.52. The summed E-state index contributed by atoms with van der Waals surface area (Å²) in [5.41, 5.74) is 4.14. The largest absolute Gasteiger partial charge is 0.372 e. The quantitative estimate of drug-likeness (QED) is 0.187. The van der Waals surface area contributed by atoms with E-state index in [1.54, 1.807) is 12.1 Å². The van der Waals surface area contributed by atoms with Gasteiger partial charge in [0.2, 0.25) is 17.7 Å². The van der Waals surface area contributed by atoms with Crippen molar-refractivity contribution in [2.24, 2.45) is 5.92 Å². The molecule has 2 aliphatic rings. The average molecular weight is 663 g/mol. The number of thioether (sulfide) groups is 1. The molecule has 47 heavy (non-hydrogen) atoms. The summed E-state index contributed by atoms with van der Waals surface area (Å²) in [4.78, 5) is 59.3. The lowest BCUT2D eigenvalue weighted by molar-refractivity contribution is -0.122. The highest BCUT2D eigenvalue weighted by molar-refractivity contribution is 8.00. The van der Waals surface area contributed by atoms with Crippen LogP contribution < -0.4 is 20.0 Å². The number of thiazole rings is 1. The number of nitrogens with zero attached hydrogens (tertiary/aromatic N) is 3. The van der Waals surface area contributed by atoms with Crippen LogP contribution in [-0.4, -0.2) is 40.6 Å². The van der Waals surface area contributed by atoms with Crippen molar-refractivity contribution in [2.75, 3.05) is 28.2 Å². The zero-order chi connectivity index (χ0) is 32.8. The molecule has 0 aliphatic carbocycles. The van der Waals surface area contributed by atoms with Gasteiger partial charge in [-0.2, -0.15) is 0 Å². The number of aryl methyl sites for hydroxylation is 1. The fourth-order valence-electron chi connectivity index (χ4n) is 6.71. The second-order valence-corrected chi connectivity index (χ2v) is 14.0. The van der Waals surface area contributed by atoms with E-state index in [2.05, 4.69) is 24.1 Å². The standard InChI is InChI=1S/C37H34N4O4S2/c1-4-39(5-2)25-19-15-24(16-20-25)30-31-32(35(44)41(34(31)43)26-17-13-22(3)14-18-26)46-36-33(30)47-37(45)40(36)21-29(42)38-28-12-8-10-23-9-6-7-11-27(23)28/h6-20,30-32H,4-5,21H2,1-3H3,(H,38,42)/t30-,31-,32+/m0/s1. The van der Waals surface area contributed by atoms with Crippen LogP contribution in [0.1, 0.15) is 35.8 Å². The van der Waals surface area contributed by atoms with Gasteiger partial charge in [-0.05, 0) is 62.1 Å². The Morgan fingerprint density at radius 3 is 2.28 bits per heavy atom. The molecule has 2 aliphatic heterocycles. The van der Waals surface area contributed by atoms with E-state index in [9.17, 15) is 19.2 Å². The molecule has 1 fully saturated rings. The van der Waals surface area contributed by atoms with Gasteiger partial charge >= 0.3 is 4.87 Å². The summed E-state index contributed by atoms with van der Waals surface area (Å²) in [6.07, 6.45) is 0. The number of fused-ring (bicyclic) bond motifs is 3. The Kier molecular flexibility index (Phi) is 8.23. The maximum Gasteiger partial charge on any atom is 0.308 e. The molecular formula is C37H34N4O4S2. The molecule has 0 saturated carbocycles. The lowest BCUT2D eigenvalue weighted by Gasteiger charge is -2.31. The van der Waals surface area contributed by atoms with Gasteiger partial charge in [0.1, 0.15) is 11.8 Å². The Balaban J connectivity index is 1.28. The number of hydrogen-bond acceptors (Lipinski definition) is 7. The highest BCUT2D eigenvalue weighted by Crippen LogP contribution is 2.54. The van der Waals surface area contributed by atoms with Crippen molar-refractivity contribution < 1.29 is 14.4 Å². The van der Waals surface area contributed by atoms with Crippen molar-refractivity contribution in [1.82, 2.24) is 4.57 Å². The highest BCUT2D eigenvalue weighted by Gasteiger charge is 2.56. The number of hydrogen-bond donors (Lipinski definition) is 1. The predicted octanol–water partition coefficient (Wildman–Crippen LogP) is 6.65. The third-order valence-electron chi connectivity index (χ3n) is 9.09. The maximum atomic E-state index is 14.2. The van der Waals surface area contributed by atoms with Crippen LogP contribution in [0.5, 0.6) is 0 Å². The number of nitrogens with one attached hydrogen (secondary N) is 1. The first-order valence-corrected chi connectivity index (χ1v) is 17.5. The number of imide groups is 1. The van der Waals surface area contributed by atoms with Crippen molar-refractivity contribution in [3.8, 4) is 0 Å². The van der Waals surface area contributed by atoms with Gasteiger partial charge in [-0.15, -0.1) is 0 Å². The van der Waals surface area contributed by atoms with Gasteiger partial charge in [0.05, 0.1) is 16.6 Å². The maximum absolute atomic E-state index is 14.2. The number of aromatic nitrogens is 1. The Labute approximate surface area is 281 Å². The van der Waals surface area contributed by atoms with Crippen LogP contribution in [0.2, 0.25) is 0 Å². The summed E-state index contributed by atoms with van der Waals surface area (Å²) in [7, 11) is 0. The van der Waals surface area contributed by atoms with Crippen molar-refractivity contribution in [3.63, 3.8) is 0 Å². The minimum Gasteiger partial charge on any atom is -0.372 e. The molecule has 238 valence electrons. The summed E-state index contributed by atoms with van der Waals surface area (Å²) in [5.74, 6) is -2.15. The zero-order valence-corrected chi connectivity index (χ0v) is 27.9. The van der Waals surface area contributed by atoms with Crippen LogP contribution in [0.4, 0.5) is 17.1 Å². The normalized spacial score (nSPS) is 18.7. The number of carbonyl (C=O) groups is 3. The second-order valence-electron chi connectivity index (χ2n) is 11.9. The topological polar surface area (TPSA) is 91.7 Å². The van der Waals surface area contributed by atoms with E-state index in [4.69, 9.17) is 0 Å². The van der Waals surface area contributed by atoms with Gasteiger partial charge in [0, 0.05) is 40.6 Å². The van der Waals surface area contributed by atoms with Crippen molar-refractivity contribution in [1.29, 1.82) is 0 Å². The predicted molar refractivity (Wildman–Crippen MR) is 190 cm³/mol. The first-order valence-electron chi connectivity index (χ1n) is 15.8. The zero-order valence-electron chi connectivity index (χ0n) is 26.3. The Hall–Kier alpha value is -4.67. The van der Waals surface area contributed by atoms with E-state index in [0.29, 0.717) is 21.3 Å². The molecule has 0 spiro atoms. The summed E-state index contributed by atoms with van der Waals surface area (Å²) in [5, 5.41) is 4.71. The molecule has 7 rings (SSSR count). The van der Waals surface area contributed by atoms with Gasteiger partial charge < -0.3 is 10.2 Å². The molecule has 1 N–H and O–H groups in total. The highest BCUT2D eigenvalue weighted by atomic mass is 32.2. The lowest BCUT2D eigenvalue weighted by Crippen LogP contribution is -2.33. The van der Waals surface area contributed by atoms with Crippen LogP contribution in [0.3, 0.4) is 0 Å². The fraction of sp³-hybridized carbons (Fsp3) is 0.243. The number of rotatable bonds is 8. The molecule has 1 aromatic heterocycles. The molecule has 3 amide bonds. The molecule has 3 heterocycles. The molecule has 0 radical (unpaired) electrons. The number of anilines is 3. The summed E-state index contributed by atoms with van der Waals surface area (Å²) in [6.45, 7) is 7.66. The third kappa shape index (κ3) is 5.45.